The van der Waals surface area contributed by atoms with Gasteiger partial charge in [0.1, 0.15) is 6.29 Å². The zero-order chi connectivity index (χ0) is 14.5. The summed E-state index contributed by atoms with van der Waals surface area (Å²) in [4.78, 5) is 24.4. The Morgan fingerprint density at radius 1 is 1.35 bits per heavy atom. The molecule has 0 atom stereocenters. The summed E-state index contributed by atoms with van der Waals surface area (Å²) in [5.74, 6) is -0.936. The SMILES string of the molecule is CN(Cc1cc(C=O)ccc1C(=O)O)C1CCCCC1. The van der Waals surface area contributed by atoms with Crippen LogP contribution in [0.2, 0.25) is 0 Å². The summed E-state index contributed by atoms with van der Waals surface area (Å²) in [5, 5.41) is 9.25. The molecule has 1 saturated carbocycles. The molecule has 0 amide bonds. The maximum Gasteiger partial charge on any atom is 0.336 e. The van der Waals surface area contributed by atoms with E-state index in [1.54, 1.807) is 12.1 Å². The van der Waals surface area contributed by atoms with Crippen molar-refractivity contribution in [2.45, 2.75) is 44.7 Å². The van der Waals surface area contributed by atoms with Crippen LogP contribution in [0, 0.1) is 0 Å². The number of carboxylic acid groups (broad SMARTS) is 1. The number of rotatable bonds is 5. The van der Waals surface area contributed by atoms with Crippen LogP contribution in [0.4, 0.5) is 0 Å². The van der Waals surface area contributed by atoms with Crippen LogP contribution in [0.1, 0.15) is 58.4 Å². The third kappa shape index (κ3) is 3.45. The van der Waals surface area contributed by atoms with E-state index < -0.39 is 5.97 Å². The number of hydrogen-bond donors (Lipinski definition) is 1. The van der Waals surface area contributed by atoms with Crippen LogP contribution in [0.15, 0.2) is 18.2 Å². The first-order valence-electron chi connectivity index (χ1n) is 7.13. The summed E-state index contributed by atoms with van der Waals surface area (Å²) in [5.41, 5.74) is 1.54. The minimum absolute atomic E-state index is 0.290. The zero-order valence-electron chi connectivity index (χ0n) is 11.8. The number of carboxylic acids is 1. The van der Waals surface area contributed by atoms with E-state index >= 15 is 0 Å². The van der Waals surface area contributed by atoms with Crippen molar-refractivity contribution in [2.24, 2.45) is 0 Å². The fourth-order valence-corrected chi connectivity index (χ4v) is 2.95. The van der Waals surface area contributed by atoms with Crippen molar-refractivity contribution in [1.29, 1.82) is 0 Å². The van der Waals surface area contributed by atoms with Crippen molar-refractivity contribution in [3.63, 3.8) is 0 Å². The van der Waals surface area contributed by atoms with Gasteiger partial charge < -0.3 is 5.11 Å². The van der Waals surface area contributed by atoms with Crippen molar-refractivity contribution in [1.82, 2.24) is 4.90 Å². The molecule has 1 aromatic carbocycles. The van der Waals surface area contributed by atoms with Crippen molar-refractivity contribution in [3.8, 4) is 0 Å². The van der Waals surface area contributed by atoms with E-state index in [0.717, 1.165) is 11.8 Å². The third-order valence-corrected chi connectivity index (χ3v) is 4.11. The largest absolute Gasteiger partial charge is 0.478 e. The molecule has 108 valence electrons. The van der Waals surface area contributed by atoms with Gasteiger partial charge in [0.05, 0.1) is 5.56 Å². The van der Waals surface area contributed by atoms with Gasteiger partial charge in [0.2, 0.25) is 0 Å². The molecule has 0 aromatic heterocycles. The van der Waals surface area contributed by atoms with Crippen LogP contribution < -0.4 is 0 Å². The van der Waals surface area contributed by atoms with Crippen molar-refractivity contribution in [2.75, 3.05) is 7.05 Å². The number of nitrogens with zero attached hydrogens (tertiary/aromatic N) is 1. The standard InChI is InChI=1S/C16H21NO3/c1-17(14-5-3-2-4-6-14)10-13-9-12(11-18)7-8-15(13)16(19)20/h7-9,11,14H,2-6,10H2,1H3,(H,19,20). The highest BCUT2D eigenvalue weighted by Gasteiger charge is 2.20. The van der Waals surface area contributed by atoms with Crippen LogP contribution in [-0.2, 0) is 6.54 Å². The van der Waals surface area contributed by atoms with Crippen molar-refractivity contribution in [3.05, 3.63) is 34.9 Å². The number of hydrogen-bond acceptors (Lipinski definition) is 3. The molecular weight excluding hydrogens is 254 g/mol. The number of aldehydes is 1. The molecule has 0 radical (unpaired) electrons. The Kier molecular flexibility index (Phi) is 4.90. The Bertz CT molecular complexity index is 492. The highest BCUT2D eigenvalue weighted by molar-refractivity contribution is 5.90. The van der Waals surface area contributed by atoms with Gasteiger partial charge in [-0.25, -0.2) is 4.79 Å². The monoisotopic (exact) mass is 275 g/mol. The second-order valence-electron chi connectivity index (χ2n) is 5.55. The number of carbonyl (C=O) groups is 2. The van der Waals surface area contributed by atoms with Gasteiger partial charge in [-0.3, -0.25) is 9.69 Å². The third-order valence-electron chi connectivity index (χ3n) is 4.11. The van der Waals surface area contributed by atoms with E-state index in [2.05, 4.69) is 4.90 Å². The summed E-state index contributed by atoms with van der Waals surface area (Å²) in [7, 11) is 2.04. The average Bonchev–Trinajstić information content (AvgIpc) is 2.47. The molecule has 2 rings (SSSR count). The normalized spacial score (nSPS) is 16.3. The first kappa shape index (κ1) is 14.7. The Morgan fingerprint density at radius 2 is 2.05 bits per heavy atom. The summed E-state index contributed by atoms with van der Waals surface area (Å²) in [6.07, 6.45) is 6.89. The fraction of sp³-hybridized carbons (Fsp3) is 0.500. The molecule has 0 unspecified atom stereocenters. The molecule has 0 aliphatic heterocycles. The van der Waals surface area contributed by atoms with Gasteiger partial charge in [0.25, 0.3) is 0 Å². The Morgan fingerprint density at radius 3 is 2.65 bits per heavy atom. The highest BCUT2D eigenvalue weighted by Crippen LogP contribution is 2.24. The Hall–Kier alpha value is -1.68. The fourth-order valence-electron chi connectivity index (χ4n) is 2.95. The lowest BCUT2D eigenvalue weighted by Crippen LogP contribution is -2.33. The molecule has 1 aliphatic carbocycles. The van der Waals surface area contributed by atoms with Gasteiger partial charge in [-0.1, -0.05) is 25.3 Å². The van der Waals surface area contributed by atoms with Crippen LogP contribution in [0.3, 0.4) is 0 Å². The summed E-state index contributed by atoms with van der Waals surface area (Å²) in [6.45, 7) is 0.577. The van der Waals surface area contributed by atoms with Gasteiger partial charge >= 0.3 is 5.97 Å². The first-order valence-corrected chi connectivity index (χ1v) is 7.13. The molecule has 20 heavy (non-hydrogen) atoms. The number of aromatic carboxylic acids is 1. The van der Waals surface area contributed by atoms with E-state index in [0.29, 0.717) is 23.7 Å². The van der Waals surface area contributed by atoms with Crippen LogP contribution >= 0.6 is 0 Å². The van der Waals surface area contributed by atoms with Gasteiger partial charge in [-0.2, -0.15) is 0 Å². The van der Waals surface area contributed by atoms with Gasteiger partial charge in [0, 0.05) is 18.2 Å². The maximum absolute atomic E-state index is 11.3. The smallest absolute Gasteiger partial charge is 0.336 e. The van der Waals surface area contributed by atoms with Gasteiger partial charge in [0.15, 0.2) is 0 Å². The molecule has 0 saturated heterocycles. The lowest BCUT2D eigenvalue weighted by molar-refractivity contribution is 0.0693. The summed E-state index contributed by atoms with van der Waals surface area (Å²) < 4.78 is 0. The van der Waals surface area contributed by atoms with Crippen LogP contribution in [-0.4, -0.2) is 35.4 Å². The molecule has 1 aliphatic rings. The zero-order valence-corrected chi connectivity index (χ0v) is 11.8. The second kappa shape index (κ2) is 6.66. The minimum atomic E-state index is -0.936. The molecule has 0 bridgehead atoms. The van der Waals surface area contributed by atoms with E-state index in [9.17, 15) is 14.7 Å². The predicted octanol–water partition coefficient (Wildman–Crippen LogP) is 2.96. The molecule has 1 aromatic rings. The van der Waals surface area contributed by atoms with Crippen LogP contribution in [0.5, 0.6) is 0 Å². The topological polar surface area (TPSA) is 57.6 Å². The summed E-state index contributed by atoms with van der Waals surface area (Å²) in [6, 6.07) is 5.29. The average molecular weight is 275 g/mol. The van der Waals surface area contributed by atoms with Gasteiger partial charge in [-0.15, -0.1) is 0 Å². The summed E-state index contributed by atoms with van der Waals surface area (Å²) >= 11 is 0. The lowest BCUT2D eigenvalue weighted by atomic mass is 9.94. The van der Waals surface area contributed by atoms with E-state index in [4.69, 9.17) is 0 Å². The van der Waals surface area contributed by atoms with E-state index in [1.807, 2.05) is 7.05 Å². The molecular formula is C16H21NO3. The molecule has 1 fully saturated rings. The minimum Gasteiger partial charge on any atom is -0.478 e. The Labute approximate surface area is 119 Å². The van der Waals surface area contributed by atoms with Gasteiger partial charge in [-0.05, 0) is 37.6 Å². The maximum atomic E-state index is 11.3. The quantitative estimate of drug-likeness (QED) is 0.839. The van der Waals surface area contributed by atoms with E-state index in [1.165, 1.54) is 38.2 Å². The highest BCUT2D eigenvalue weighted by atomic mass is 16.4. The van der Waals surface area contributed by atoms with Crippen molar-refractivity contribution < 1.29 is 14.7 Å². The predicted molar refractivity (Wildman–Crippen MR) is 77.1 cm³/mol. The van der Waals surface area contributed by atoms with Crippen LogP contribution in [0.25, 0.3) is 0 Å². The molecule has 0 heterocycles. The second-order valence-corrected chi connectivity index (χ2v) is 5.55. The molecule has 0 spiro atoms. The molecule has 4 heteroatoms. The Balaban J connectivity index is 2.17. The van der Waals surface area contributed by atoms with Crippen molar-refractivity contribution >= 4 is 12.3 Å². The molecule has 1 N–H and O–H groups in total. The molecule has 4 nitrogen and oxygen atoms in total. The lowest BCUT2D eigenvalue weighted by Gasteiger charge is -2.31. The first-order chi connectivity index (χ1) is 9.61. The van der Waals surface area contributed by atoms with E-state index in [-0.39, 0.29) is 0 Å². The number of carbonyl (C=O) groups excluding carboxylic acids is 1. The number of benzene rings is 1.